The number of fused-ring (bicyclic) bond motifs is 4. The summed E-state index contributed by atoms with van der Waals surface area (Å²) >= 11 is 0. The summed E-state index contributed by atoms with van der Waals surface area (Å²) in [4.78, 5) is 35.1. The lowest BCUT2D eigenvalue weighted by molar-refractivity contribution is 1.07. The Balaban J connectivity index is 1.97. The Morgan fingerprint density at radius 2 is 1.41 bits per heavy atom. The summed E-state index contributed by atoms with van der Waals surface area (Å²) in [5.41, 5.74) is 5.09. The zero-order chi connectivity index (χ0) is 20.3. The van der Waals surface area contributed by atoms with Gasteiger partial charge >= 0.3 is 0 Å². The van der Waals surface area contributed by atoms with E-state index in [4.69, 9.17) is 0 Å². The Bertz CT molecular complexity index is 1560. The summed E-state index contributed by atoms with van der Waals surface area (Å²) in [6.45, 7) is 2.08. The minimum atomic E-state index is -0.0325. The van der Waals surface area contributed by atoms with Crippen molar-refractivity contribution in [3.05, 3.63) is 74.5 Å². The van der Waals surface area contributed by atoms with E-state index in [9.17, 15) is 9.59 Å². The van der Waals surface area contributed by atoms with Crippen molar-refractivity contribution in [3.63, 3.8) is 0 Å². The molecule has 0 fully saturated rings. The van der Waals surface area contributed by atoms with E-state index in [2.05, 4.69) is 21.8 Å². The number of benzene rings is 3. The first kappa shape index (κ1) is 17.5. The molecule has 0 atom stereocenters. The van der Waals surface area contributed by atoms with E-state index < -0.39 is 0 Å². The largest absolute Gasteiger partial charge is 0.377 e. The number of para-hydroxylation sites is 1. The van der Waals surface area contributed by atoms with Gasteiger partial charge in [-0.2, -0.15) is 0 Å². The van der Waals surface area contributed by atoms with Gasteiger partial charge in [0.25, 0.3) is 0 Å². The third-order valence-electron chi connectivity index (χ3n) is 5.72. The Kier molecular flexibility index (Phi) is 3.74. The van der Waals surface area contributed by atoms with Crippen LogP contribution < -0.4 is 15.8 Å². The molecule has 0 amide bonds. The average Bonchev–Trinajstić information content (AvgIpc) is 2.72. The van der Waals surface area contributed by atoms with E-state index in [0.29, 0.717) is 32.6 Å². The zero-order valence-corrected chi connectivity index (χ0v) is 16.6. The van der Waals surface area contributed by atoms with E-state index in [1.807, 2.05) is 50.5 Å². The second-order valence-corrected chi connectivity index (χ2v) is 7.63. The third kappa shape index (κ3) is 2.47. The normalized spacial score (nSPS) is 11.7. The van der Waals surface area contributed by atoms with Gasteiger partial charge in [0.1, 0.15) is 0 Å². The summed E-state index contributed by atoms with van der Waals surface area (Å²) in [6.07, 6.45) is 0.797. The van der Waals surface area contributed by atoms with Crippen LogP contribution in [0.1, 0.15) is 12.5 Å². The molecule has 0 aliphatic rings. The van der Waals surface area contributed by atoms with Crippen molar-refractivity contribution in [2.75, 3.05) is 19.0 Å². The van der Waals surface area contributed by atoms with Crippen LogP contribution in [0.3, 0.4) is 0 Å². The van der Waals surface area contributed by atoms with Crippen LogP contribution >= 0.6 is 0 Å². The lowest BCUT2D eigenvalue weighted by Gasteiger charge is -2.19. The van der Waals surface area contributed by atoms with Crippen LogP contribution in [-0.2, 0) is 6.42 Å². The number of aromatic amines is 2. The van der Waals surface area contributed by atoms with Crippen molar-refractivity contribution in [1.29, 1.82) is 0 Å². The van der Waals surface area contributed by atoms with Crippen LogP contribution in [0.4, 0.5) is 5.69 Å². The Labute approximate surface area is 166 Å². The molecule has 0 aliphatic heterocycles. The molecule has 0 saturated carbocycles. The highest BCUT2D eigenvalue weighted by atomic mass is 16.1. The number of rotatable bonds is 2. The molecule has 3 aromatic carbocycles. The van der Waals surface area contributed by atoms with Gasteiger partial charge in [-0.05, 0) is 48.4 Å². The van der Waals surface area contributed by atoms with E-state index in [-0.39, 0.29) is 10.9 Å². The molecule has 29 heavy (non-hydrogen) atoms. The standard InChI is InChI=1S/C24H21N3O2/c1-4-13-21(27(2)3)10-9-15-22(13)26-20-12-16-19(11-17(20)24(15)29)25-18-8-6-5-7-14(18)23(16)28/h5-12H,4H2,1-3H3,(H,25,28)(H,26,29). The van der Waals surface area contributed by atoms with Gasteiger partial charge in [-0.3, -0.25) is 9.59 Å². The van der Waals surface area contributed by atoms with Crippen molar-refractivity contribution < 1.29 is 0 Å². The van der Waals surface area contributed by atoms with Crippen molar-refractivity contribution in [2.45, 2.75) is 13.3 Å². The molecule has 2 N–H and O–H groups in total. The maximum absolute atomic E-state index is 13.3. The van der Waals surface area contributed by atoms with Gasteiger partial charge in [0.2, 0.25) is 0 Å². The molecule has 0 bridgehead atoms. The molecule has 0 saturated heterocycles. The van der Waals surface area contributed by atoms with Crippen molar-refractivity contribution in [2.24, 2.45) is 0 Å². The maximum atomic E-state index is 13.3. The first-order valence-corrected chi connectivity index (χ1v) is 9.73. The third-order valence-corrected chi connectivity index (χ3v) is 5.72. The van der Waals surface area contributed by atoms with E-state index >= 15 is 0 Å². The van der Waals surface area contributed by atoms with Crippen LogP contribution in [0.5, 0.6) is 0 Å². The van der Waals surface area contributed by atoms with Gasteiger partial charge in [-0.15, -0.1) is 0 Å². The first-order chi connectivity index (χ1) is 14.0. The van der Waals surface area contributed by atoms with Crippen LogP contribution in [-0.4, -0.2) is 24.1 Å². The summed E-state index contributed by atoms with van der Waals surface area (Å²) < 4.78 is 0. The number of anilines is 1. The molecule has 2 aromatic heterocycles. The second-order valence-electron chi connectivity index (χ2n) is 7.63. The molecule has 2 heterocycles. The highest BCUT2D eigenvalue weighted by Gasteiger charge is 2.14. The van der Waals surface area contributed by atoms with Crippen LogP contribution in [0.2, 0.25) is 0 Å². The van der Waals surface area contributed by atoms with Gasteiger partial charge < -0.3 is 14.9 Å². The molecule has 0 radical (unpaired) electrons. The summed E-state index contributed by atoms with van der Waals surface area (Å²) in [5, 5.41) is 2.47. The topological polar surface area (TPSA) is 69.0 Å². The predicted octanol–water partition coefficient (Wildman–Crippen LogP) is 4.30. The number of nitrogens with zero attached hydrogens (tertiary/aromatic N) is 1. The molecular formula is C24H21N3O2. The van der Waals surface area contributed by atoms with Gasteiger partial charge in [-0.25, -0.2) is 0 Å². The number of hydrogen-bond acceptors (Lipinski definition) is 3. The number of aryl methyl sites for hydroxylation is 1. The molecule has 0 aliphatic carbocycles. The lowest BCUT2D eigenvalue weighted by atomic mass is 10.0. The smallest absolute Gasteiger partial charge is 0.197 e. The van der Waals surface area contributed by atoms with E-state index in [0.717, 1.165) is 28.7 Å². The summed E-state index contributed by atoms with van der Waals surface area (Å²) in [5.74, 6) is 0. The van der Waals surface area contributed by atoms with Crippen LogP contribution in [0.25, 0.3) is 43.6 Å². The zero-order valence-electron chi connectivity index (χ0n) is 16.6. The quantitative estimate of drug-likeness (QED) is 0.447. The predicted molar refractivity (Wildman–Crippen MR) is 121 cm³/mol. The average molecular weight is 383 g/mol. The van der Waals surface area contributed by atoms with E-state index in [1.54, 1.807) is 12.1 Å². The minimum absolute atomic E-state index is 0.0235. The Hall–Kier alpha value is -3.60. The molecule has 5 nitrogen and oxygen atoms in total. The number of aromatic nitrogens is 2. The van der Waals surface area contributed by atoms with Gasteiger partial charge in [0, 0.05) is 46.8 Å². The SMILES string of the molecule is CCc1c(N(C)C)ccc2c(=O)c3cc4[nH]c5ccccc5c(=O)c4cc3[nH]c12. The van der Waals surface area contributed by atoms with Gasteiger partial charge in [0.15, 0.2) is 10.9 Å². The second kappa shape index (κ2) is 6.21. The maximum Gasteiger partial charge on any atom is 0.197 e. The summed E-state index contributed by atoms with van der Waals surface area (Å²) in [6, 6.07) is 14.9. The molecule has 5 rings (SSSR count). The lowest BCUT2D eigenvalue weighted by Crippen LogP contribution is -2.14. The molecule has 5 heteroatoms. The number of H-pyrrole nitrogens is 2. The molecule has 144 valence electrons. The molecule has 0 unspecified atom stereocenters. The molecule has 5 aromatic rings. The number of nitrogens with one attached hydrogen (secondary N) is 2. The Morgan fingerprint density at radius 3 is 2.10 bits per heavy atom. The Morgan fingerprint density at radius 1 is 0.759 bits per heavy atom. The fourth-order valence-corrected chi connectivity index (χ4v) is 4.29. The number of hydrogen-bond donors (Lipinski definition) is 2. The molecule has 0 spiro atoms. The van der Waals surface area contributed by atoms with Crippen molar-refractivity contribution in [3.8, 4) is 0 Å². The highest BCUT2D eigenvalue weighted by molar-refractivity contribution is 6.03. The van der Waals surface area contributed by atoms with Gasteiger partial charge in [0.05, 0.1) is 16.6 Å². The monoisotopic (exact) mass is 383 g/mol. The highest BCUT2D eigenvalue weighted by Crippen LogP contribution is 2.28. The molecular weight excluding hydrogens is 362 g/mol. The first-order valence-electron chi connectivity index (χ1n) is 9.73. The number of pyridine rings is 2. The fraction of sp³-hybridized carbons (Fsp3) is 0.167. The van der Waals surface area contributed by atoms with Crippen molar-refractivity contribution >= 4 is 49.3 Å². The minimum Gasteiger partial charge on any atom is -0.377 e. The summed E-state index contributed by atoms with van der Waals surface area (Å²) in [7, 11) is 4.00. The van der Waals surface area contributed by atoms with E-state index in [1.165, 1.54) is 0 Å². The van der Waals surface area contributed by atoms with Crippen LogP contribution in [0.15, 0.2) is 58.1 Å². The fourth-order valence-electron chi connectivity index (χ4n) is 4.29. The van der Waals surface area contributed by atoms with Gasteiger partial charge in [-0.1, -0.05) is 19.1 Å². The van der Waals surface area contributed by atoms with Crippen molar-refractivity contribution in [1.82, 2.24) is 9.97 Å². The van der Waals surface area contributed by atoms with Crippen LogP contribution in [0, 0.1) is 0 Å².